The van der Waals surface area contributed by atoms with E-state index in [1.54, 1.807) is 35.9 Å². The van der Waals surface area contributed by atoms with E-state index in [4.69, 9.17) is 0 Å². The number of amides is 2. The fourth-order valence-corrected chi connectivity index (χ4v) is 3.52. The molecular formula is C19H21N7O2. The van der Waals surface area contributed by atoms with Crippen LogP contribution in [0.25, 0.3) is 5.65 Å². The minimum absolute atomic E-state index is 0.156. The maximum Gasteiger partial charge on any atom is 0.274 e. The van der Waals surface area contributed by atoms with Crippen LogP contribution in [-0.4, -0.2) is 66.8 Å². The summed E-state index contributed by atoms with van der Waals surface area (Å²) in [5.74, 6) is -0.314. The van der Waals surface area contributed by atoms with Crippen molar-refractivity contribution in [3.05, 3.63) is 53.5 Å². The van der Waals surface area contributed by atoms with Crippen LogP contribution in [0.3, 0.4) is 0 Å². The van der Waals surface area contributed by atoms with Gasteiger partial charge < -0.3 is 9.80 Å². The third-order valence-electron chi connectivity index (χ3n) is 4.92. The summed E-state index contributed by atoms with van der Waals surface area (Å²) in [7, 11) is 3.38. The Balaban J connectivity index is 1.71. The zero-order valence-corrected chi connectivity index (χ0v) is 16.0. The quantitative estimate of drug-likeness (QED) is 0.684. The molecule has 9 nitrogen and oxygen atoms in total. The highest BCUT2D eigenvalue weighted by Gasteiger charge is 2.33. The number of carbonyl (C=O) groups is 2. The molecule has 3 aromatic heterocycles. The van der Waals surface area contributed by atoms with Crippen molar-refractivity contribution in [1.29, 1.82) is 0 Å². The molecule has 2 amide bonds. The number of hydrogen-bond donors (Lipinski definition) is 0. The molecule has 0 aromatic carbocycles. The molecule has 1 unspecified atom stereocenters. The van der Waals surface area contributed by atoms with Crippen molar-refractivity contribution in [3.8, 4) is 0 Å². The van der Waals surface area contributed by atoms with E-state index in [1.165, 1.54) is 17.3 Å². The normalized spacial score (nSPS) is 16.5. The van der Waals surface area contributed by atoms with Crippen molar-refractivity contribution in [2.45, 2.75) is 25.8 Å². The van der Waals surface area contributed by atoms with Gasteiger partial charge in [-0.1, -0.05) is 0 Å². The molecule has 9 heteroatoms. The lowest BCUT2D eigenvalue weighted by Crippen LogP contribution is -2.32. The fraction of sp³-hybridized carbons (Fsp3) is 0.368. The van der Waals surface area contributed by atoms with E-state index in [2.05, 4.69) is 20.1 Å². The van der Waals surface area contributed by atoms with Gasteiger partial charge in [0.1, 0.15) is 11.3 Å². The minimum atomic E-state index is -0.164. The molecule has 1 fully saturated rings. The van der Waals surface area contributed by atoms with Crippen LogP contribution in [0.5, 0.6) is 0 Å². The lowest BCUT2D eigenvalue weighted by molar-refractivity contribution is 0.0724. The van der Waals surface area contributed by atoms with Gasteiger partial charge in [0.15, 0.2) is 5.65 Å². The number of fused-ring (bicyclic) bond motifs is 1. The number of nitrogens with zero attached hydrogens (tertiary/aromatic N) is 7. The molecule has 0 saturated carbocycles. The summed E-state index contributed by atoms with van der Waals surface area (Å²) < 4.78 is 1.66. The average molecular weight is 379 g/mol. The summed E-state index contributed by atoms with van der Waals surface area (Å²) in [5.41, 5.74) is 2.85. The average Bonchev–Trinajstić information content (AvgIpc) is 3.34. The lowest BCUT2D eigenvalue weighted by Gasteiger charge is -2.24. The molecule has 1 atom stereocenters. The summed E-state index contributed by atoms with van der Waals surface area (Å²) in [4.78, 5) is 41.4. The highest BCUT2D eigenvalue weighted by atomic mass is 16.2. The van der Waals surface area contributed by atoms with Gasteiger partial charge in [-0.15, -0.1) is 0 Å². The second kappa shape index (κ2) is 6.99. The van der Waals surface area contributed by atoms with Crippen LogP contribution in [0.15, 0.2) is 30.9 Å². The van der Waals surface area contributed by atoms with Crippen molar-refractivity contribution in [3.63, 3.8) is 0 Å². The Hall–Kier alpha value is -3.36. The summed E-state index contributed by atoms with van der Waals surface area (Å²) in [6.07, 6.45) is 7.98. The van der Waals surface area contributed by atoms with Crippen molar-refractivity contribution >= 4 is 17.5 Å². The van der Waals surface area contributed by atoms with Crippen molar-refractivity contribution in [2.24, 2.45) is 0 Å². The predicted octanol–water partition coefficient (Wildman–Crippen LogP) is 1.51. The van der Waals surface area contributed by atoms with Crippen LogP contribution in [0.4, 0.5) is 0 Å². The van der Waals surface area contributed by atoms with Gasteiger partial charge in [-0.05, 0) is 25.8 Å². The smallest absolute Gasteiger partial charge is 0.274 e. The maximum absolute atomic E-state index is 13.0. The van der Waals surface area contributed by atoms with Gasteiger partial charge >= 0.3 is 0 Å². The Labute approximate surface area is 162 Å². The number of rotatable bonds is 3. The molecule has 28 heavy (non-hydrogen) atoms. The molecule has 0 radical (unpaired) electrons. The fourth-order valence-electron chi connectivity index (χ4n) is 3.52. The molecule has 1 saturated heterocycles. The first-order chi connectivity index (χ1) is 13.5. The number of aryl methyl sites for hydroxylation is 1. The molecule has 144 valence electrons. The van der Waals surface area contributed by atoms with Crippen molar-refractivity contribution in [1.82, 2.24) is 34.4 Å². The molecule has 4 rings (SSSR count). The zero-order valence-electron chi connectivity index (χ0n) is 16.0. The number of hydrogen-bond acceptors (Lipinski definition) is 6. The first-order valence-corrected chi connectivity index (χ1v) is 9.11. The van der Waals surface area contributed by atoms with Gasteiger partial charge in [0, 0.05) is 33.0 Å². The largest absolute Gasteiger partial charge is 0.345 e. The van der Waals surface area contributed by atoms with E-state index >= 15 is 0 Å². The molecule has 0 bridgehead atoms. The second-order valence-corrected chi connectivity index (χ2v) is 7.06. The molecule has 4 heterocycles. The Morgan fingerprint density at radius 1 is 1.14 bits per heavy atom. The third-order valence-corrected chi connectivity index (χ3v) is 4.92. The van der Waals surface area contributed by atoms with Crippen LogP contribution in [0, 0.1) is 6.92 Å². The van der Waals surface area contributed by atoms with Crippen LogP contribution in [0.2, 0.25) is 0 Å². The maximum atomic E-state index is 13.0. The molecule has 1 aliphatic rings. The Kier molecular flexibility index (Phi) is 4.50. The van der Waals surface area contributed by atoms with Gasteiger partial charge in [-0.3, -0.25) is 14.6 Å². The van der Waals surface area contributed by atoms with Crippen molar-refractivity contribution < 1.29 is 9.59 Å². The molecule has 3 aromatic rings. The number of likely N-dealkylation sites (tertiary alicyclic amines) is 1. The molecule has 0 N–H and O–H groups in total. The topological polar surface area (TPSA) is 96.6 Å². The molecule has 0 aliphatic carbocycles. The first kappa shape index (κ1) is 18.0. The van der Waals surface area contributed by atoms with Crippen LogP contribution < -0.4 is 0 Å². The van der Waals surface area contributed by atoms with Gasteiger partial charge in [0.2, 0.25) is 0 Å². The van der Waals surface area contributed by atoms with Crippen molar-refractivity contribution in [2.75, 3.05) is 20.6 Å². The standard InChI is InChI=1S/C19H21N7O2/c1-12-9-22-14(11-21-12)19(28)25-8-4-5-15(25)16-6-7-20-17-13(10-23-26(16)17)18(27)24(2)3/h6-7,9-11,15H,4-5,8H2,1-3H3. The van der Waals surface area contributed by atoms with Gasteiger partial charge in [-0.2, -0.15) is 5.10 Å². The molecule has 0 spiro atoms. The highest BCUT2D eigenvalue weighted by Crippen LogP contribution is 2.33. The molecule has 1 aliphatic heterocycles. The van der Waals surface area contributed by atoms with E-state index in [0.717, 1.165) is 24.2 Å². The van der Waals surface area contributed by atoms with E-state index in [9.17, 15) is 9.59 Å². The Morgan fingerprint density at radius 2 is 1.96 bits per heavy atom. The number of carbonyl (C=O) groups excluding carboxylic acids is 2. The van der Waals surface area contributed by atoms with E-state index in [1.807, 2.05) is 13.0 Å². The lowest BCUT2D eigenvalue weighted by atomic mass is 10.1. The summed E-state index contributed by atoms with van der Waals surface area (Å²) in [6.45, 7) is 2.46. The summed E-state index contributed by atoms with van der Waals surface area (Å²) >= 11 is 0. The molecular weight excluding hydrogens is 358 g/mol. The van der Waals surface area contributed by atoms with Crippen LogP contribution in [0.1, 0.15) is 51.1 Å². The van der Waals surface area contributed by atoms with Crippen LogP contribution in [-0.2, 0) is 0 Å². The SMILES string of the molecule is Cc1cnc(C(=O)N2CCCC2c2ccnc3c(C(=O)N(C)C)cnn23)cn1. The summed E-state index contributed by atoms with van der Waals surface area (Å²) in [5, 5.41) is 4.39. The number of aromatic nitrogens is 5. The van der Waals surface area contributed by atoms with Gasteiger partial charge in [0.05, 0.1) is 29.8 Å². The zero-order chi connectivity index (χ0) is 19.8. The second-order valence-electron chi connectivity index (χ2n) is 7.06. The van der Waals surface area contributed by atoms with Gasteiger partial charge in [0.25, 0.3) is 11.8 Å². The predicted molar refractivity (Wildman–Crippen MR) is 101 cm³/mol. The Bertz CT molecular complexity index is 1040. The monoisotopic (exact) mass is 379 g/mol. The summed E-state index contributed by atoms with van der Waals surface area (Å²) in [6, 6.07) is 1.68. The van der Waals surface area contributed by atoms with E-state index in [0.29, 0.717) is 23.4 Å². The van der Waals surface area contributed by atoms with Crippen LogP contribution >= 0.6 is 0 Å². The first-order valence-electron chi connectivity index (χ1n) is 9.11. The van der Waals surface area contributed by atoms with E-state index < -0.39 is 0 Å². The minimum Gasteiger partial charge on any atom is -0.345 e. The van der Waals surface area contributed by atoms with Gasteiger partial charge in [-0.25, -0.2) is 14.5 Å². The Morgan fingerprint density at radius 3 is 2.68 bits per heavy atom. The van der Waals surface area contributed by atoms with E-state index in [-0.39, 0.29) is 17.9 Å². The highest BCUT2D eigenvalue weighted by molar-refractivity contribution is 5.99. The third kappa shape index (κ3) is 2.98.